The minimum absolute atomic E-state index is 0.250. The smallest absolute Gasteiger partial charge is 0.390 e. The fourth-order valence-corrected chi connectivity index (χ4v) is 5.76. The van der Waals surface area contributed by atoms with Gasteiger partial charge in [-0.25, -0.2) is 9.97 Å². The molecule has 4 aromatic rings. The molecular formula is C23H23F3N6O2S. The first-order chi connectivity index (χ1) is 16.7. The van der Waals surface area contributed by atoms with Crippen molar-refractivity contribution in [1.82, 2.24) is 25.1 Å². The maximum atomic E-state index is 12.8. The van der Waals surface area contributed by atoms with E-state index in [4.69, 9.17) is 4.74 Å². The number of thiophene rings is 1. The summed E-state index contributed by atoms with van der Waals surface area (Å²) < 4.78 is 43.3. The van der Waals surface area contributed by atoms with E-state index in [1.165, 1.54) is 29.6 Å². The van der Waals surface area contributed by atoms with Crippen LogP contribution in [0.4, 0.5) is 24.7 Å². The van der Waals surface area contributed by atoms with Gasteiger partial charge >= 0.3 is 6.18 Å². The Bertz CT molecular complexity index is 1400. The first kappa shape index (κ1) is 23.3. The Balaban J connectivity index is 1.41. The summed E-state index contributed by atoms with van der Waals surface area (Å²) in [5, 5.41) is 12.2. The number of carbonyl (C=O) groups is 1. The average Bonchev–Trinajstić information content (AvgIpc) is 3.44. The number of alkyl halides is 3. The number of aromatic nitrogens is 4. The Morgan fingerprint density at radius 2 is 2.17 bits per heavy atom. The molecule has 0 radical (unpaired) electrons. The summed E-state index contributed by atoms with van der Waals surface area (Å²) in [7, 11) is 3.03. The molecule has 0 aliphatic heterocycles. The normalized spacial score (nSPS) is 15.9. The number of hydrogen-bond donors (Lipinski definition) is 2. The van der Waals surface area contributed by atoms with E-state index in [-0.39, 0.29) is 18.4 Å². The van der Waals surface area contributed by atoms with E-state index in [2.05, 4.69) is 25.5 Å². The van der Waals surface area contributed by atoms with Crippen molar-refractivity contribution in [1.29, 1.82) is 0 Å². The number of rotatable bonds is 6. The molecule has 3 heterocycles. The molecule has 0 saturated heterocycles. The number of carbonyl (C=O) groups excluding carboxylic acids is 1. The van der Waals surface area contributed by atoms with E-state index >= 15 is 0 Å². The second kappa shape index (κ2) is 8.99. The number of ether oxygens (including phenoxy) is 1. The van der Waals surface area contributed by atoms with Crippen LogP contribution in [0, 0.1) is 5.92 Å². The number of fused-ring (bicyclic) bond motifs is 4. The molecule has 8 nitrogen and oxygen atoms in total. The van der Waals surface area contributed by atoms with Crippen LogP contribution in [0.15, 0.2) is 24.7 Å². The second-order valence-corrected chi connectivity index (χ2v) is 9.69. The Morgan fingerprint density at radius 3 is 2.94 bits per heavy atom. The highest BCUT2D eigenvalue weighted by Gasteiger charge is 2.33. The molecule has 184 valence electrons. The number of aryl methyl sites for hydroxylation is 1. The summed E-state index contributed by atoms with van der Waals surface area (Å²) in [5.41, 5.74) is 2.67. The molecule has 1 aromatic carbocycles. The fourth-order valence-electron chi connectivity index (χ4n) is 4.50. The number of nitrogens with one attached hydrogen (secondary N) is 2. The van der Waals surface area contributed by atoms with Gasteiger partial charge in [-0.15, -0.1) is 11.3 Å². The highest BCUT2D eigenvalue weighted by atomic mass is 32.1. The Morgan fingerprint density at radius 1 is 1.34 bits per heavy atom. The number of anilines is 2. The lowest BCUT2D eigenvalue weighted by Gasteiger charge is -2.27. The second-order valence-electron chi connectivity index (χ2n) is 8.61. The molecule has 1 unspecified atom stereocenters. The van der Waals surface area contributed by atoms with E-state index in [1.54, 1.807) is 13.3 Å². The van der Waals surface area contributed by atoms with Gasteiger partial charge in [0.2, 0.25) is 5.91 Å². The van der Waals surface area contributed by atoms with Gasteiger partial charge in [0.05, 0.1) is 36.3 Å². The largest absolute Gasteiger partial charge is 0.494 e. The number of benzene rings is 1. The van der Waals surface area contributed by atoms with Gasteiger partial charge in [0.25, 0.3) is 0 Å². The molecule has 1 aliphatic rings. The first-order valence-corrected chi connectivity index (χ1v) is 11.9. The molecule has 1 aliphatic carbocycles. The van der Waals surface area contributed by atoms with E-state index in [0.717, 1.165) is 37.2 Å². The third kappa shape index (κ3) is 4.62. The molecule has 2 N–H and O–H groups in total. The van der Waals surface area contributed by atoms with Gasteiger partial charge in [-0.05, 0) is 30.9 Å². The van der Waals surface area contributed by atoms with Gasteiger partial charge < -0.3 is 15.0 Å². The SMILES string of the molecule is COc1cc2[nH]ncc2cc1Nc1ncnc2sc3c(c12)CCC(C(=O)N(C)CCC(F)(F)F)C3. The zero-order valence-corrected chi connectivity index (χ0v) is 19.9. The third-order valence-corrected chi connectivity index (χ3v) is 7.48. The number of H-pyrrole nitrogens is 1. The van der Waals surface area contributed by atoms with Crippen LogP contribution in [0.5, 0.6) is 5.75 Å². The van der Waals surface area contributed by atoms with Crippen molar-refractivity contribution in [3.63, 3.8) is 0 Å². The van der Waals surface area contributed by atoms with Gasteiger partial charge in [-0.1, -0.05) is 0 Å². The van der Waals surface area contributed by atoms with Crippen LogP contribution in [0.2, 0.25) is 0 Å². The van der Waals surface area contributed by atoms with Gasteiger partial charge in [-0.3, -0.25) is 9.89 Å². The predicted octanol–water partition coefficient (Wildman–Crippen LogP) is 4.84. The number of aromatic amines is 1. The van der Waals surface area contributed by atoms with Crippen molar-refractivity contribution in [2.75, 3.05) is 26.0 Å². The van der Waals surface area contributed by atoms with Crippen LogP contribution in [0.25, 0.3) is 21.1 Å². The minimum atomic E-state index is -4.29. The lowest BCUT2D eigenvalue weighted by molar-refractivity contribution is -0.146. The third-order valence-electron chi connectivity index (χ3n) is 6.31. The lowest BCUT2D eigenvalue weighted by Crippen LogP contribution is -2.37. The summed E-state index contributed by atoms with van der Waals surface area (Å²) >= 11 is 1.50. The fraction of sp³-hybridized carbons (Fsp3) is 0.391. The molecule has 5 rings (SSSR count). The predicted molar refractivity (Wildman–Crippen MR) is 127 cm³/mol. The summed E-state index contributed by atoms with van der Waals surface area (Å²) in [4.78, 5) is 24.7. The van der Waals surface area contributed by atoms with E-state index in [0.29, 0.717) is 30.8 Å². The molecule has 0 spiro atoms. The molecule has 12 heteroatoms. The van der Waals surface area contributed by atoms with Gasteiger partial charge in [0.15, 0.2) is 0 Å². The van der Waals surface area contributed by atoms with Crippen LogP contribution < -0.4 is 10.1 Å². The number of nitrogens with zero attached hydrogens (tertiary/aromatic N) is 4. The van der Waals surface area contributed by atoms with Crippen LogP contribution in [0.1, 0.15) is 23.3 Å². The van der Waals surface area contributed by atoms with Crippen molar-refractivity contribution < 1.29 is 22.7 Å². The Kier molecular flexibility index (Phi) is 5.99. The summed E-state index contributed by atoms with van der Waals surface area (Å²) in [6.45, 7) is -0.333. The van der Waals surface area contributed by atoms with Crippen molar-refractivity contribution in [3.8, 4) is 5.75 Å². The molecule has 0 fully saturated rings. The Hall–Kier alpha value is -3.41. The standard InChI is InChI=1S/C23H23F3N6O2S/c1-32(6-5-23(24,25)26)22(33)12-3-4-14-18(8-12)35-21-19(14)20(27-11-28-21)30-16-7-13-10-29-31-15(13)9-17(16)34-2/h7,9-12H,3-6,8H2,1-2H3,(H,29,31)(H,27,28,30). The molecule has 35 heavy (non-hydrogen) atoms. The van der Waals surface area contributed by atoms with Crippen molar-refractivity contribution in [3.05, 3.63) is 35.1 Å². The monoisotopic (exact) mass is 504 g/mol. The molecule has 3 aromatic heterocycles. The van der Waals surface area contributed by atoms with Gasteiger partial charge in [-0.2, -0.15) is 18.3 Å². The van der Waals surface area contributed by atoms with Gasteiger partial charge in [0, 0.05) is 35.8 Å². The minimum Gasteiger partial charge on any atom is -0.494 e. The zero-order chi connectivity index (χ0) is 24.7. The number of hydrogen-bond acceptors (Lipinski definition) is 7. The molecule has 0 bridgehead atoms. The maximum Gasteiger partial charge on any atom is 0.390 e. The molecule has 1 amide bonds. The van der Waals surface area contributed by atoms with Crippen LogP contribution in [-0.4, -0.2) is 57.9 Å². The van der Waals surface area contributed by atoms with Crippen molar-refractivity contribution in [2.45, 2.75) is 31.9 Å². The number of amides is 1. The Labute approximate surface area is 202 Å². The van der Waals surface area contributed by atoms with E-state index in [9.17, 15) is 18.0 Å². The number of halogens is 3. The average molecular weight is 505 g/mol. The van der Waals surface area contributed by atoms with Crippen LogP contribution in [-0.2, 0) is 17.6 Å². The molecule has 0 saturated carbocycles. The van der Waals surface area contributed by atoms with Crippen LogP contribution in [0.3, 0.4) is 0 Å². The summed E-state index contributed by atoms with van der Waals surface area (Å²) in [5.74, 6) is 0.674. The summed E-state index contributed by atoms with van der Waals surface area (Å²) in [6, 6.07) is 3.79. The zero-order valence-electron chi connectivity index (χ0n) is 19.1. The van der Waals surface area contributed by atoms with Crippen molar-refractivity contribution >= 4 is 49.9 Å². The first-order valence-electron chi connectivity index (χ1n) is 11.1. The maximum absolute atomic E-state index is 12.8. The van der Waals surface area contributed by atoms with E-state index < -0.39 is 12.6 Å². The van der Waals surface area contributed by atoms with Crippen LogP contribution >= 0.6 is 11.3 Å². The molecular weight excluding hydrogens is 481 g/mol. The topological polar surface area (TPSA) is 96.0 Å². The lowest BCUT2D eigenvalue weighted by atomic mass is 9.87. The van der Waals surface area contributed by atoms with E-state index in [1.807, 2.05) is 12.1 Å². The highest BCUT2D eigenvalue weighted by Crippen LogP contribution is 2.42. The number of methoxy groups -OCH3 is 1. The van der Waals surface area contributed by atoms with Gasteiger partial charge in [0.1, 0.15) is 22.7 Å². The quantitative estimate of drug-likeness (QED) is 0.390. The summed E-state index contributed by atoms with van der Waals surface area (Å²) in [6.07, 6.45) is -0.407. The highest BCUT2D eigenvalue weighted by molar-refractivity contribution is 7.19. The molecule has 1 atom stereocenters. The van der Waals surface area contributed by atoms with Crippen molar-refractivity contribution in [2.24, 2.45) is 5.92 Å².